The minimum absolute atomic E-state index is 0.0530. The Balaban J connectivity index is 2.36. The van der Waals surface area contributed by atoms with Gasteiger partial charge in [0.25, 0.3) is 5.22 Å². The number of carbonyl (C=O) groups is 1. The van der Waals surface area contributed by atoms with Crippen LogP contribution in [0.5, 0.6) is 0 Å². The van der Waals surface area contributed by atoms with Gasteiger partial charge in [0.2, 0.25) is 15.9 Å². The van der Waals surface area contributed by atoms with Crippen LogP contribution in [0, 0.1) is 0 Å². The molecule has 22 heavy (non-hydrogen) atoms. The van der Waals surface area contributed by atoms with Crippen molar-refractivity contribution in [3.8, 4) is 0 Å². The van der Waals surface area contributed by atoms with Crippen LogP contribution in [0.1, 0.15) is 13.8 Å². The molecule has 2 N–H and O–H groups in total. The van der Waals surface area contributed by atoms with Crippen LogP contribution >= 0.6 is 11.8 Å². The summed E-state index contributed by atoms with van der Waals surface area (Å²) in [4.78, 5) is 15.1. The minimum Gasteiger partial charge on any atom is -0.431 e. The molecule has 0 unspecified atom stereocenters. The summed E-state index contributed by atoms with van der Waals surface area (Å²) in [5.41, 5.74) is 5.96. The fourth-order valence-electron chi connectivity index (χ4n) is 1.95. The first-order valence-electron chi connectivity index (χ1n) is 6.70. The summed E-state index contributed by atoms with van der Waals surface area (Å²) >= 11 is 1.07. The Morgan fingerprint density at radius 2 is 2.05 bits per heavy atom. The number of sulfonamides is 1. The zero-order chi connectivity index (χ0) is 16.3. The van der Waals surface area contributed by atoms with Crippen molar-refractivity contribution in [2.24, 2.45) is 5.73 Å². The second kappa shape index (κ2) is 6.67. The maximum absolute atomic E-state index is 12.5. The number of oxazole rings is 1. The third-order valence-electron chi connectivity index (χ3n) is 3.02. The average Bonchev–Trinajstić information content (AvgIpc) is 2.88. The quantitative estimate of drug-likeness (QED) is 0.762. The maximum Gasteiger partial charge on any atom is 0.257 e. The Hall–Kier alpha value is -1.58. The van der Waals surface area contributed by atoms with Gasteiger partial charge in [-0.15, -0.1) is 0 Å². The van der Waals surface area contributed by atoms with Crippen LogP contribution in [0.25, 0.3) is 11.1 Å². The highest BCUT2D eigenvalue weighted by atomic mass is 32.2. The second-order valence-corrected chi connectivity index (χ2v) is 7.32. The summed E-state index contributed by atoms with van der Waals surface area (Å²) in [6, 6.07) is 4.53. The van der Waals surface area contributed by atoms with Crippen molar-refractivity contribution in [1.82, 2.24) is 9.29 Å². The van der Waals surface area contributed by atoms with Gasteiger partial charge < -0.3 is 10.2 Å². The number of fused-ring (bicyclic) bond motifs is 1. The summed E-state index contributed by atoms with van der Waals surface area (Å²) in [6.07, 6.45) is 0. The second-order valence-electron chi connectivity index (χ2n) is 4.45. The number of thioether (sulfide) groups is 1. The van der Waals surface area contributed by atoms with Crippen molar-refractivity contribution < 1.29 is 17.6 Å². The molecule has 1 amide bonds. The van der Waals surface area contributed by atoms with Gasteiger partial charge in [0.1, 0.15) is 5.52 Å². The molecule has 7 nitrogen and oxygen atoms in total. The smallest absolute Gasteiger partial charge is 0.257 e. The lowest BCUT2D eigenvalue weighted by Crippen LogP contribution is -2.30. The summed E-state index contributed by atoms with van der Waals surface area (Å²) in [5.74, 6) is -0.422. The molecule has 1 aromatic heterocycles. The van der Waals surface area contributed by atoms with Crippen molar-refractivity contribution >= 4 is 38.8 Å². The van der Waals surface area contributed by atoms with E-state index in [-0.39, 0.29) is 15.9 Å². The molecule has 1 heterocycles. The first-order chi connectivity index (χ1) is 10.4. The molecule has 0 spiro atoms. The van der Waals surface area contributed by atoms with E-state index in [0.29, 0.717) is 24.2 Å². The summed E-state index contributed by atoms with van der Waals surface area (Å²) in [7, 11) is -3.54. The zero-order valence-electron chi connectivity index (χ0n) is 12.3. The standard InChI is InChI=1S/C13H17N3O4S2/c1-3-16(4-2)22(18,19)9-5-6-11-10(7-9)15-13(20-11)21-8-12(14)17/h5-7H,3-4,8H2,1-2H3,(H2,14,17). The minimum atomic E-state index is -3.54. The third-order valence-corrected chi connectivity index (χ3v) is 5.92. The monoisotopic (exact) mass is 343 g/mol. The molecule has 0 fully saturated rings. The molecule has 0 saturated heterocycles. The van der Waals surface area contributed by atoms with Crippen molar-refractivity contribution in [2.75, 3.05) is 18.8 Å². The molecule has 1 aromatic carbocycles. The van der Waals surface area contributed by atoms with E-state index >= 15 is 0 Å². The Morgan fingerprint density at radius 1 is 1.36 bits per heavy atom. The van der Waals surface area contributed by atoms with Gasteiger partial charge >= 0.3 is 0 Å². The Labute approximate surface area is 132 Å². The van der Waals surface area contributed by atoms with E-state index in [4.69, 9.17) is 10.2 Å². The van der Waals surface area contributed by atoms with E-state index in [1.165, 1.54) is 16.4 Å². The molecule has 2 aromatic rings. The lowest BCUT2D eigenvalue weighted by Gasteiger charge is -2.18. The SMILES string of the molecule is CCN(CC)S(=O)(=O)c1ccc2oc(SCC(N)=O)nc2c1. The molecular formula is C13H17N3O4S2. The lowest BCUT2D eigenvalue weighted by atomic mass is 10.3. The number of benzene rings is 1. The van der Waals surface area contributed by atoms with Crippen LogP contribution in [0.2, 0.25) is 0 Å². The molecule has 120 valence electrons. The predicted octanol–water partition coefficient (Wildman–Crippen LogP) is 1.44. The largest absolute Gasteiger partial charge is 0.431 e. The van der Waals surface area contributed by atoms with Gasteiger partial charge in [-0.3, -0.25) is 4.79 Å². The van der Waals surface area contributed by atoms with Gasteiger partial charge in [-0.05, 0) is 18.2 Å². The van der Waals surface area contributed by atoms with E-state index in [1.807, 2.05) is 0 Å². The van der Waals surface area contributed by atoms with Gasteiger partial charge in [-0.2, -0.15) is 4.31 Å². The molecule has 0 aliphatic heterocycles. The highest BCUT2D eigenvalue weighted by molar-refractivity contribution is 7.99. The van der Waals surface area contributed by atoms with Crippen LogP contribution in [0.4, 0.5) is 0 Å². The van der Waals surface area contributed by atoms with Crippen LogP contribution in [-0.4, -0.2) is 42.5 Å². The van der Waals surface area contributed by atoms with Crippen molar-refractivity contribution in [3.05, 3.63) is 18.2 Å². The van der Waals surface area contributed by atoms with Crippen LogP contribution in [0.3, 0.4) is 0 Å². The fourth-order valence-corrected chi connectivity index (χ4v) is 4.01. The Morgan fingerprint density at radius 3 is 2.64 bits per heavy atom. The molecule has 0 atom stereocenters. The number of aromatic nitrogens is 1. The van der Waals surface area contributed by atoms with Gasteiger partial charge in [0, 0.05) is 13.1 Å². The average molecular weight is 343 g/mol. The fraction of sp³-hybridized carbons (Fsp3) is 0.385. The van der Waals surface area contributed by atoms with Crippen LogP contribution in [-0.2, 0) is 14.8 Å². The van der Waals surface area contributed by atoms with Crippen molar-refractivity contribution in [3.63, 3.8) is 0 Å². The van der Waals surface area contributed by atoms with E-state index in [9.17, 15) is 13.2 Å². The third kappa shape index (κ3) is 3.42. The molecule has 0 aliphatic carbocycles. The van der Waals surface area contributed by atoms with E-state index in [1.54, 1.807) is 19.9 Å². The lowest BCUT2D eigenvalue weighted by molar-refractivity contribution is -0.115. The Kier molecular flexibility index (Phi) is 5.09. The van der Waals surface area contributed by atoms with Gasteiger partial charge in [0.05, 0.1) is 10.6 Å². The number of primary amides is 1. The molecule has 0 aliphatic rings. The zero-order valence-corrected chi connectivity index (χ0v) is 13.9. The number of nitrogens with two attached hydrogens (primary N) is 1. The van der Waals surface area contributed by atoms with Crippen LogP contribution < -0.4 is 5.73 Å². The van der Waals surface area contributed by atoms with Crippen LogP contribution in [0.15, 0.2) is 32.7 Å². The van der Waals surface area contributed by atoms with Gasteiger partial charge in [0.15, 0.2) is 5.58 Å². The number of hydrogen-bond acceptors (Lipinski definition) is 6. The molecule has 9 heteroatoms. The molecule has 0 saturated carbocycles. The number of rotatable bonds is 7. The summed E-state index contributed by atoms with van der Waals surface area (Å²) in [5, 5.41) is 0.284. The predicted molar refractivity (Wildman–Crippen MR) is 84.0 cm³/mol. The normalized spacial score (nSPS) is 12.1. The van der Waals surface area contributed by atoms with Gasteiger partial charge in [-0.25, -0.2) is 13.4 Å². The number of hydrogen-bond donors (Lipinski definition) is 1. The maximum atomic E-state index is 12.5. The molecule has 2 rings (SSSR count). The topological polar surface area (TPSA) is 107 Å². The molecule has 0 bridgehead atoms. The van der Waals surface area contributed by atoms with Gasteiger partial charge in [-0.1, -0.05) is 25.6 Å². The summed E-state index contributed by atoms with van der Waals surface area (Å²) < 4.78 is 31.7. The number of carbonyl (C=O) groups excluding carboxylic acids is 1. The van der Waals surface area contributed by atoms with E-state index < -0.39 is 15.9 Å². The summed E-state index contributed by atoms with van der Waals surface area (Å²) in [6.45, 7) is 4.37. The highest BCUT2D eigenvalue weighted by Gasteiger charge is 2.22. The Bertz CT molecular complexity index is 782. The first kappa shape index (κ1) is 16.8. The van der Waals surface area contributed by atoms with Crippen molar-refractivity contribution in [2.45, 2.75) is 24.0 Å². The number of nitrogens with zero attached hydrogens (tertiary/aromatic N) is 2. The first-order valence-corrected chi connectivity index (χ1v) is 9.13. The van der Waals surface area contributed by atoms with E-state index in [2.05, 4.69) is 4.98 Å². The molecule has 0 radical (unpaired) electrons. The molecular weight excluding hydrogens is 326 g/mol. The highest BCUT2D eigenvalue weighted by Crippen LogP contribution is 2.26. The van der Waals surface area contributed by atoms with E-state index in [0.717, 1.165) is 11.8 Å². The van der Waals surface area contributed by atoms with Crippen molar-refractivity contribution in [1.29, 1.82) is 0 Å². The number of amides is 1.